The van der Waals surface area contributed by atoms with E-state index in [-0.39, 0.29) is 0 Å². The average Bonchev–Trinajstić information content (AvgIpc) is 2.95. The molecule has 1 N–H and O–H groups in total. The van der Waals surface area contributed by atoms with E-state index in [4.69, 9.17) is 16.9 Å². The zero-order chi connectivity index (χ0) is 15.2. The fourth-order valence-electron chi connectivity index (χ4n) is 1.96. The van der Waals surface area contributed by atoms with Crippen molar-refractivity contribution >= 4 is 33.8 Å². The summed E-state index contributed by atoms with van der Waals surface area (Å²) in [6, 6.07) is 7.37. The van der Waals surface area contributed by atoms with E-state index in [9.17, 15) is 0 Å². The Labute approximate surface area is 134 Å². The number of hydrogen-bond acceptors (Lipinski definition) is 5. The first-order valence-electron chi connectivity index (χ1n) is 6.81. The first-order valence-corrected chi connectivity index (χ1v) is 8.00. The molecule has 21 heavy (non-hydrogen) atoms. The molecule has 110 valence electrons. The minimum absolute atomic E-state index is 0.591. The van der Waals surface area contributed by atoms with Crippen molar-refractivity contribution in [2.75, 3.05) is 23.3 Å². The third-order valence-electron chi connectivity index (χ3n) is 3.13. The lowest BCUT2D eigenvalue weighted by Gasteiger charge is -2.16. The van der Waals surface area contributed by atoms with Gasteiger partial charge in [-0.2, -0.15) is 5.26 Å². The van der Waals surface area contributed by atoms with Crippen LogP contribution in [0.4, 0.5) is 10.8 Å². The molecule has 0 aliphatic heterocycles. The van der Waals surface area contributed by atoms with Crippen molar-refractivity contribution in [2.45, 2.75) is 20.4 Å². The normalized spacial score (nSPS) is 10.2. The van der Waals surface area contributed by atoms with E-state index in [1.807, 2.05) is 6.20 Å². The molecule has 1 heterocycles. The molecule has 0 amide bonds. The zero-order valence-electron chi connectivity index (χ0n) is 12.1. The number of nitriles is 1. The van der Waals surface area contributed by atoms with Crippen molar-refractivity contribution in [1.82, 2.24) is 4.98 Å². The molecule has 0 radical (unpaired) electrons. The fourth-order valence-corrected chi connectivity index (χ4v) is 3.11. The van der Waals surface area contributed by atoms with Gasteiger partial charge < -0.3 is 10.2 Å². The first kappa shape index (κ1) is 15.6. The van der Waals surface area contributed by atoms with Gasteiger partial charge in [-0.15, -0.1) is 11.3 Å². The van der Waals surface area contributed by atoms with Gasteiger partial charge in [0.15, 0.2) is 5.13 Å². The predicted octanol–water partition coefficient (Wildman–Crippen LogP) is 4.13. The lowest BCUT2D eigenvalue weighted by Crippen LogP contribution is -2.21. The Morgan fingerprint density at radius 2 is 2.14 bits per heavy atom. The molecule has 0 atom stereocenters. The molecule has 4 nitrogen and oxygen atoms in total. The Morgan fingerprint density at radius 3 is 2.81 bits per heavy atom. The fraction of sp³-hybridized carbons (Fsp3) is 0.333. The van der Waals surface area contributed by atoms with Gasteiger partial charge >= 0.3 is 0 Å². The van der Waals surface area contributed by atoms with Crippen molar-refractivity contribution in [1.29, 1.82) is 5.26 Å². The van der Waals surface area contributed by atoms with Crippen molar-refractivity contribution in [3.63, 3.8) is 0 Å². The third-order valence-corrected chi connectivity index (χ3v) is 4.42. The summed E-state index contributed by atoms with van der Waals surface area (Å²) in [6.07, 6.45) is 1.88. The molecular weight excluding hydrogens is 304 g/mol. The second-order valence-electron chi connectivity index (χ2n) is 4.44. The minimum atomic E-state index is 0.591. The molecule has 0 unspecified atom stereocenters. The van der Waals surface area contributed by atoms with Crippen LogP contribution in [-0.4, -0.2) is 18.1 Å². The van der Waals surface area contributed by atoms with Gasteiger partial charge in [-0.25, -0.2) is 4.98 Å². The molecule has 0 fully saturated rings. The predicted molar refractivity (Wildman–Crippen MR) is 89.2 cm³/mol. The minimum Gasteiger partial charge on any atom is -0.379 e. The van der Waals surface area contributed by atoms with Gasteiger partial charge in [0.2, 0.25) is 0 Å². The Bertz CT molecular complexity index is 643. The zero-order valence-corrected chi connectivity index (χ0v) is 13.6. The van der Waals surface area contributed by atoms with Crippen LogP contribution in [0.25, 0.3) is 0 Å². The van der Waals surface area contributed by atoms with Crippen LogP contribution in [0.5, 0.6) is 0 Å². The maximum atomic E-state index is 9.10. The molecule has 1 aromatic carbocycles. The first-order chi connectivity index (χ1) is 10.2. The highest BCUT2D eigenvalue weighted by atomic mass is 35.5. The van der Waals surface area contributed by atoms with Crippen molar-refractivity contribution in [2.24, 2.45) is 0 Å². The summed E-state index contributed by atoms with van der Waals surface area (Å²) in [6.45, 7) is 6.77. The molecule has 0 spiro atoms. The van der Waals surface area contributed by atoms with Crippen molar-refractivity contribution in [3.05, 3.63) is 39.9 Å². The van der Waals surface area contributed by atoms with Gasteiger partial charge in [0.05, 0.1) is 17.8 Å². The molecular formula is C15H17ClN4S. The number of nitrogens with zero attached hydrogens (tertiary/aromatic N) is 3. The van der Waals surface area contributed by atoms with Gasteiger partial charge in [0, 0.05) is 29.2 Å². The summed E-state index contributed by atoms with van der Waals surface area (Å²) in [5, 5.41) is 14.0. The molecule has 0 bridgehead atoms. The van der Waals surface area contributed by atoms with Crippen LogP contribution in [0.1, 0.15) is 24.3 Å². The Kier molecular flexibility index (Phi) is 5.43. The molecule has 0 saturated heterocycles. The highest BCUT2D eigenvalue weighted by Gasteiger charge is 2.08. The number of rotatable bonds is 6. The van der Waals surface area contributed by atoms with E-state index in [0.29, 0.717) is 17.1 Å². The standard InChI is InChI=1S/C15H17ClN4S/c1-3-20(4-2)15-19-10-13(21-15)9-18-14-7-12(16)6-5-11(14)8-17/h5-7,10,18H,3-4,9H2,1-2H3. The number of benzene rings is 1. The van der Waals surface area contributed by atoms with E-state index in [2.05, 4.69) is 35.1 Å². The monoisotopic (exact) mass is 320 g/mol. The van der Waals surface area contributed by atoms with E-state index in [1.54, 1.807) is 29.5 Å². The summed E-state index contributed by atoms with van der Waals surface area (Å²) >= 11 is 7.64. The molecule has 6 heteroatoms. The number of anilines is 2. The summed E-state index contributed by atoms with van der Waals surface area (Å²) in [4.78, 5) is 7.79. The van der Waals surface area contributed by atoms with Crippen LogP contribution in [-0.2, 0) is 6.54 Å². The average molecular weight is 321 g/mol. The SMILES string of the molecule is CCN(CC)c1ncc(CNc2cc(Cl)ccc2C#N)s1. The van der Waals surface area contributed by atoms with E-state index < -0.39 is 0 Å². The van der Waals surface area contributed by atoms with Crippen molar-refractivity contribution < 1.29 is 0 Å². The smallest absolute Gasteiger partial charge is 0.185 e. The molecule has 2 rings (SSSR count). The maximum Gasteiger partial charge on any atom is 0.185 e. The molecule has 0 aliphatic carbocycles. The molecule has 0 aliphatic rings. The summed E-state index contributed by atoms with van der Waals surface area (Å²) in [7, 11) is 0. The number of aromatic nitrogens is 1. The summed E-state index contributed by atoms with van der Waals surface area (Å²) in [5.74, 6) is 0. The van der Waals surface area contributed by atoms with Gasteiger partial charge in [-0.1, -0.05) is 11.6 Å². The summed E-state index contributed by atoms with van der Waals surface area (Å²) < 4.78 is 0. The maximum absolute atomic E-state index is 9.10. The van der Waals surface area contributed by atoms with E-state index >= 15 is 0 Å². The van der Waals surface area contributed by atoms with Crippen LogP contribution in [0.3, 0.4) is 0 Å². The lowest BCUT2D eigenvalue weighted by atomic mass is 10.2. The second kappa shape index (κ2) is 7.30. The molecule has 1 aromatic heterocycles. The Balaban J connectivity index is 2.07. The number of halogens is 1. The molecule has 0 saturated carbocycles. The van der Waals surface area contributed by atoms with Crippen molar-refractivity contribution in [3.8, 4) is 6.07 Å². The quantitative estimate of drug-likeness (QED) is 0.869. The van der Waals surface area contributed by atoms with Crippen LogP contribution >= 0.6 is 22.9 Å². The third kappa shape index (κ3) is 3.87. The number of nitrogens with one attached hydrogen (secondary N) is 1. The number of hydrogen-bond donors (Lipinski definition) is 1. The Hall–Kier alpha value is -1.77. The van der Waals surface area contributed by atoms with Gasteiger partial charge in [-0.3, -0.25) is 0 Å². The topological polar surface area (TPSA) is 52.0 Å². The van der Waals surface area contributed by atoms with E-state index in [1.165, 1.54) is 0 Å². The largest absolute Gasteiger partial charge is 0.379 e. The van der Waals surface area contributed by atoms with Crippen LogP contribution in [0, 0.1) is 11.3 Å². The highest BCUT2D eigenvalue weighted by molar-refractivity contribution is 7.15. The molecule has 2 aromatic rings. The highest BCUT2D eigenvalue weighted by Crippen LogP contribution is 2.25. The van der Waals surface area contributed by atoms with E-state index in [0.717, 1.165) is 28.8 Å². The van der Waals surface area contributed by atoms with Crippen LogP contribution in [0.2, 0.25) is 5.02 Å². The van der Waals surface area contributed by atoms with Gasteiger partial charge in [-0.05, 0) is 32.0 Å². The second-order valence-corrected chi connectivity index (χ2v) is 5.97. The lowest BCUT2D eigenvalue weighted by molar-refractivity contribution is 0.860. The summed E-state index contributed by atoms with van der Waals surface area (Å²) in [5.41, 5.74) is 1.34. The Morgan fingerprint density at radius 1 is 1.38 bits per heavy atom. The van der Waals surface area contributed by atoms with Crippen LogP contribution < -0.4 is 10.2 Å². The van der Waals surface area contributed by atoms with Crippen LogP contribution in [0.15, 0.2) is 24.4 Å². The van der Waals surface area contributed by atoms with Gasteiger partial charge in [0.25, 0.3) is 0 Å². The number of thiazole rings is 1. The van der Waals surface area contributed by atoms with Gasteiger partial charge in [0.1, 0.15) is 6.07 Å².